The topological polar surface area (TPSA) is 29.5 Å². The summed E-state index contributed by atoms with van der Waals surface area (Å²) in [4.78, 5) is 0. The van der Waals surface area contributed by atoms with Gasteiger partial charge in [0.1, 0.15) is 0 Å². The maximum atomic E-state index is 8.68. The first-order valence-electron chi connectivity index (χ1n) is 6.55. The van der Waals surface area contributed by atoms with Crippen molar-refractivity contribution in [3.05, 3.63) is 35.9 Å². The number of aliphatic hydroxyl groups is 1. The van der Waals surface area contributed by atoms with E-state index in [0.29, 0.717) is 12.5 Å². The maximum Gasteiger partial charge on any atom is 0.0717 e. The lowest BCUT2D eigenvalue weighted by Crippen LogP contribution is -2.06. The van der Waals surface area contributed by atoms with Gasteiger partial charge in [0.2, 0.25) is 0 Å². The Kier molecular flexibility index (Phi) is 11.0. The van der Waals surface area contributed by atoms with Crippen LogP contribution in [0.4, 0.5) is 0 Å². The van der Waals surface area contributed by atoms with Crippen molar-refractivity contribution in [2.45, 2.75) is 40.2 Å². The lowest BCUT2D eigenvalue weighted by Gasteiger charge is -2.11. The fraction of sp³-hybridized carbons (Fsp3) is 0.600. The normalized spacial score (nSPS) is 11.5. The quantitative estimate of drug-likeness (QED) is 0.786. The molecule has 1 N–H and O–H groups in total. The van der Waals surface area contributed by atoms with Crippen molar-refractivity contribution in [1.29, 1.82) is 0 Å². The van der Waals surface area contributed by atoms with Gasteiger partial charge in [0.25, 0.3) is 0 Å². The van der Waals surface area contributed by atoms with Crippen LogP contribution in [-0.4, -0.2) is 18.3 Å². The van der Waals surface area contributed by atoms with Gasteiger partial charge in [0, 0.05) is 13.2 Å². The molecule has 0 bridgehead atoms. The van der Waals surface area contributed by atoms with Gasteiger partial charge in [-0.25, -0.2) is 0 Å². The van der Waals surface area contributed by atoms with Gasteiger partial charge in [0.15, 0.2) is 0 Å². The molecule has 1 aromatic rings. The van der Waals surface area contributed by atoms with Gasteiger partial charge in [-0.2, -0.15) is 0 Å². The van der Waals surface area contributed by atoms with Gasteiger partial charge < -0.3 is 9.84 Å². The highest BCUT2D eigenvalue weighted by molar-refractivity contribution is 5.13. The van der Waals surface area contributed by atoms with Crippen molar-refractivity contribution in [3.63, 3.8) is 0 Å². The average Bonchev–Trinajstić information content (AvgIpc) is 2.40. The molecule has 0 heterocycles. The third kappa shape index (κ3) is 8.90. The Hall–Kier alpha value is -0.860. The number of ether oxygens (including phenoxy) is 1. The first kappa shape index (κ1) is 16.1. The van der Waals surface area contributed by atoms with Crippen LogP contribution >= 0.6 is 0 Å². The van der Waals surface area contributed by atoms with Crippen molar-refractivity contribution < 1.29 is 9.84 Å². The lowest BCUT2D eigenvalue weighted by molar-refractivity contribution is 0.0870. The smallest absolute Gasteiger partial charge is 0.0717 e. The summed E-state index contributed by atoms with van der Waals surface area (Å²) in [5.41, 5.74) is 1.21. The van der Waals surface area contributed by atoms with Crippen LogP contribution in [0.3, 0.4) is 0 Å². The molecule has 0 radical (unpaired) electrons. The van der Waals surface area contributed by atoms with Crippen molar-refractivity contribution in [1.82, 2.24) is 0 Å². The Morgan fingerprint density at radius 3 is 2.41 bits per heavy atom. The van der Waals surface area contributed by atoms with Crippen LogP contribution in [0.1, 0.15) is 39.2 Å². The van der Waals surface area contributed by atoms with Crippen LogP contribution < -0.4 is 0 Å². The summed E-state index contributed by atoms with van der Waals surface area (Å²) in [5.74, 6) is 0.529. The first-order chi connectivity index (χ1) is 8.33. The van der Waals surface area contributed by atoms with E-state index in [1.54, 1.807) is 0 Å². The SMILES string of the molecule is CC.CC(CCCO)COCc1ccccc1. The van der Waals surface area contributed by atoms with E-state index in [-0.39, 0.29) is 6.61 Å². The van der Waals surface area contributed by atoms with E-state index >= 15 is 0 Å². The molecular formula is C15H26O2. The average molecular weight is 238 g/mol. The van der Waals surface area contributed by atoms with E-state index in [9.17, 15) is 0 Å². The molecule has 0 aromatic heterocycles. The van der Waals surface area contributed by atoms with Gasteiger partial charge >= 0.3 is 0 Å². The second kappa shape index (κ2) is 11.6. The van der Waals surface area contributed by atoms with Crippen molar-refractivity contribution in [2.24, 2.45) is 5.92 Å². The molecule has 0 aliphatic rings. The Morgan fingerprint density at radius 1 is 1.18 bits per heavy atom. The van der Waals surface area contributed by atoms with Crippen LogP contribution in [0.2, 0.25) is 0 Å². The molecule has 2 heteroatoms. The highest BCUT2D eigenvalue weighted by Gasteiger charge is 2.01. The Balaban J connectivity index is 0.00000121. The summed E-state index contributed by atoms with van der Waals surface area (Å²) in [6.07, 6.45) is 1.90. The maximum absolute atomic E-state index is 8.68. The van der Waals surface area contributed by atoms with Crippen molar-refractivity contribution >= 4 is 0 Å². The number of rotatable bonds is 7. The van der Waals surface area contributed by atoms with Crippen molar-refractivity contribution in [2.75, 3.05) is 13.2 Å². The molecule has 98 valence electrons. The van der Waals surface area contributed by atoms with E-state index in [1.807, 2.05) is 32.0 Å². The van der Waals surface area contributed by atoms with Gasteiger partial charge in [-0.15, -0.1) is 0 Å². The van der Waals surface area contributed by atoms with Crippen LogP contribution in [0.15, 0.2) is 30.3 Å². The molecule has 1 aromatic carbocycles. The Bertz CT molecular complexity index is 246. The Morgan fingerprint density at radius 2 is 1.82 bits per heavy atom. The summed E-state index contributed by atoms with van der Waals surface area (Å²) < 4.78 is 5.60. The first-order valence-corrected chi connectivity index (χ1v) is 6.55. The van der Waals surface area contributed by atoms with E-state index in [4.69, 9.17) is 9.84 Å². The zero-order valence-electron chi connectivity index (χ0n) is 11.4. The second-order valence-electron chi connectivity index (χ2n) is 3.97. The molecule has 0 amide bonds. The van der Waals surface area contributed by atoms with Gasteiger partial charge in [0.05, 0.1) is 6.61 Å². The molecule has 0 spiro atoms. The predicted molar refractivity (Wildman–Crippen MR) is 72.9 cm³/mol. The molecule has 0 aliphatic heterocycles. The summed E-state index contributed by atoms with van der Waals surface area (Å²) in [6.45, 7) is 7.89. The highest BCUT2D eigenvalue weighted by Crippen LogP contribution is 2.07. The molecule has 2 nitrogen and oxygen atoms in total. The zero-order valence-corrected chi connectivity index (χ0v) is 11.4. The predicted octanol–water partition coefficient (Wildman–Crippen LogP) is 3.64. The van der Waals surface area contributed by atoms with Crippen LogP contribution in [-0.2, 0) is 11.3 Å². The molecular weight excluding hydrogens is 212 g/mol. The minimum Gasteiger partial charge on any atom is -0.396 e. The minimum absolute atomic E-state index is 0.281. The molecule has 17 heavy (non-hydrogen) atoms. The van der Waals surface area contributed by atoms with Crippen molar-refractivity contribution in [3.8, 4) is 0 Å². The largest absolute Gasteiger partial charge is 0.396 e. The van der Waals surface area contributed by atoms with Gasteiger partial charge in [-0.1, -0.05) is 51.1 Å². The van der Waals surface area contributed by atoms with Crippen LogP contribution in [0, 0.1) is 5.92 Å². The standard InChI is InChI=1S/C13H20O2.C2H6/c1-12(6-5-9-14)10-15-11-13-7-3-2-4-8-13;1-2/h2-4,7-8,12,14H,5-6,9-11H2,1H3;1-2H3. The molecule has 1 rings (SSSR count). The van der Waals surface area contributed by atoms with E-state index in [1.165, 1.54) is 5.56 Å². The highest BCUT2D eigenvalue weighted by atomic mass is 16.5. The fourth-order valence-electron chi connectivity index (χ4n) is 1.48. The number of hydrogen-bond donors (Lipinski definition) is 1. The molecule has 0 saturated heterocycles. The third-order valence-corrected chi connectivity index (χ3v) is 2.37. The summed E-state index contributed by atoms with van der Waals surface area (Å²) in [6, 6.07) is 10.2. The minimum atomic E-state index is 0.281. The molecule has 0 fully saturated rings. The Labute approximate surface area is 106 Å². The number of aliphatic hydroxyl groups excluding tert-OH is 1. The van der Waals surface area contributed by atoms with Crippen LogP contribution in [0.25, 0.3) is 0 Å². The van der Waals surface area contributed by atoms with E-state index in [0.717, 1.165) is 19.4 Å². The van der Waals surface area contributed by atoms with Gasteiger partial charge in [-0.3, -0.25) is 0 Å². The molecule has 1 atom stereocenters. The molecule has 0 saturated carbocycles. The second-order valence-corrected chi connectivity index (χ2v) is 3.97. The van der Waals surface area contributed by atoms with Crippen LogP contribution in [0.5, 0.6) is 0 Å². The number of hydrogen-bond acceptors (Lipinski definition) is 2. The summed E-state index contributed by atoms with van der Waals surface area (Å²) in [7, 11) is 0. The number of benzene rings is 1. The lowest BCUT2D eigenvalue weighted by atomic mass is 10.1. The molecule has 0 aliphatic carbocycles. The summed E-state index contributed by atoms with van der Waals surface area (Å²) in [5, 5.41) is 8.68. The summed E-state index contributed by atoms with van der Waals surface area (Å²) >= 11 is 0. The fourth-order valence-corrected chi connectivity index (χ4v) is 1.48. The van der Waals surface area contributed by atoms with E-state index < -0.39 is 0 Å². The van der Waals surface area contributed by atoms with E-state index in [2.05, 4.69) is 19.1 Å². The third-order valence-electron chi connectivity index (χ3n) is 2.37. The van der Waals surface area contributed by atoms with Gasteiger partial charge in [-0.05, 0) is 24.3 Å². The molecule has 1 unspecified atom stereocenters. The monoisotopic (exact) mass is 238 g/mol. The zero-order chi connectivity index (χ0) is 12.9.